The number of aromatic hydroxyl groups is 1. The van der Waals surface area contributed by atoms with Crippen LogP contribution in [0.25, 0.3) is 10.8 Å². The molecule has 0 aliphatic carbocycles. The molecule has 2 aromatic carbocycles. The number of phenolic OH excluding ortho intramolecular Hbond substituents is 1. The molecule has 0 radical (unpaired) electrons. The molecule has 2 rings (SSSR count). The molecule has 0 fully saturated rings. The number of hydrogen-bond donors (Lipinski definition) is 2. The average Bonchev–Trinajstić information content (AvgIpc) is 2.38. The van der Waals surface area contributed by atoms with Crippen LogP contribution >= 0.6 is 12.4 Å². The molecule has 0 aliphatic heterocycles. The minimum absolute atomic E-state index is 0. The highest BCUT2D eigenvalue weighted by Crippen LogP contribution is 2.33. The Hall–Kier alpha value is -1.25. The van der Waals surface area contributed by atoms with E-state index in [1.165, 1.54) is 0 Å². The molecule has 0 aromatic heterocycles. The summed E-state index contributed by atoms with van der Waals surface area (Å²) < 4.78 is 0. The fourth-order valence-electron chi connectivity index (χ4n) is 2.16. The molecule has 2 atom stereocenters. The Morgan fingerprint density at radius 1 is 1.11 bits per heavy atom. The van der Waals surface area contributed by atoms with Crippen LogP contribution < -0.4 is 5.73 Å². The minimum Gasteiger partial charge on any atom is -0.507 e. The lowest BCUT2D eigenvalue weighted by atomic mass is 9.90. The van der Waals surface area contributed by atoms with E-state index in [1.807, 2.05) is 30.3 Å². The largest absolute Gasteiger partial charge is 0.507 e. The molecule has 0 saturated carbocycles. The Morgan fingerprint density at radius 2 is 1.72 bits per heavy atom. The van der Waals surface area contributed by atoms with E-state index in [0.717, 1.165) is 22.8 Å². The molecule has 1 unspecified atom stereocenters. The summed E-state index contributed by atoms with van der Waals surface area (Å²) in [5.74, 6) is 0.753. The molecule has 3 N–H and O–H groups in total. The fourth-order valence-corrected chi connectivity index (χ4v) is 2.16. The van der Waals surface area contributed by atoms with Crippen LogP contribution in [0.5, 0.6) is 5.75 Å². The molecule has 0 amide bonds. The summed E-state index contributed by atoms with van der Waals surface area (Å²) in [6.45, 7) is 4.30. The van der Waals surface area contributed by atoms with E-state index in [0.29, 0.717) is 11.7 Å². The van der Waals surface area contributed by atoms with Crippen molar-refractivity contribution in [3.05, 3.63) is 42.0 Å². The summed E-state index contributed by atoms with van der Waals surface area (Å²) in [6.07, 6.45) is 1.05. The summed E-state index contributed by atoms with van der Waals surface area (Å²) in [7, 11) is 0. The summed E-state index contributed by atoms with van der Waals surface area (Å²) in [5.41, 5.74) is 7.40. The Balaban J connectivity index is 0.00000162. The van der Waals surface area contributed by atoms with Crippen molar-refractivity contribution in [2.75, 3.05) is 0 Å². The van der Waals surface area contributed by atoms with Crippen molar-refractivity contribution in [1.29, 1.82) is 0 Å². The third-order valence-corrected chi connectivity index (χ3v) is 3.55. The first-order valence-corrected chi connectivity index (χ1v) is 6.11. The first-order chi connectivity index (χ1) is 8.15. The van der Waals surface area contributed by atoms with Gasteiger partial charge in [-0.2, -0.15) is 0 Å². The van der Waals surface area contributed by atoms with E-state index >= 15 is 0 Å². The van der Waals surface area contributed by atoms with Gasteiger partial charge in [0.25, 0.3) is 0 Å². The minimum atomic E-state index is 0. The van der Waals surface area contributed by atoms with E-state index in [-0.39, 0.29) is 18.4 Å². The van der Waals surface area contributed by atoms with E-state index in [9.17, 15) is 5.11 Å². The highest BCUT2D eigenvalue weighted by molar-refractivity contribution is 5.91. The van der Waals surface area contributed by atoms with Gasteiger partial charge in [-0.1, -0.05) is 50.6 Å². The Morgan fingerprint density at radius 3 is 2.33 bits per heavy atom. The number of benzene rings is 2. The number of nitrogens with two attached hydrogens (primary N) is 1. The zero-order valence-corrected chi connectivity index (χ0v) is 11.6. The lowest BCUT2D eigenvalue weighted by molar-refractivity contribution is 0.457. The highest BCUT2D eigenvalue weighted by atomic mass is 35.5. The predicted molar refractivity (Wildman–Crippen MR) is 79.2 cm³/mol. The molecule has 98 valence electrons. The van der Waals surface area contributed by atoms with Crippen molar-refractivity contribution < 1.29 is 5.11 Å². The topological polar surface area (TPSA) is 46.2 Å². The van der Waals surface area contributed by atoms with E-state index in [2.05, 4.69) is 13.8 Å². The van der Waals surface area contributed by atoms with Crippen molar-refractivity contribution >= 4 is 23.2 Å². The summed E-state index contributed by atoms with van der Waals surface area (Å²) >= 11 is 0. The lowest BCUT2D eigenvalue weighted by Crippen LogP contribution is -2.18. The maximum Gasteiger partial charge on any atom is 0.123 e. The van der Waals surface area contributed by atoms with E-state index in [4.69, 9.17) is 5.73 Å². The molecule has 0 aliphatic rings. The van der Waals surface area contributed by atoms with Crippen LogP contribution in [0.4, 0.5) is 0 Å². The summed E-state index contributed by atoms with van der Waals surface area (Å²) in [4.78, 5) is 0. The zero-order chi connectivity index (χ0) is 12.4. The number of halogens is 1. The Labute approximate surface area is 114 Å². The molecule has 0 heterocycles. The monoisotopic (exact) mass is 265 g/mol. The number of fused-ring (bicyclic) bond motifs is 1. The van der Waals surface area contributed by atoms with E-state index in [1.54, 1.807) is 6.07 Å². The Kier molecular flexibility index (Phi) is 5.00. The number of phenols is 1. The van der Waals surface area contributed by atoms with Gasteiger partial charge in [0.1, 0.15) is 5.75 Å². The number of rotatable bonds is 3. The van der Waals surface area contributed by atoms with Gasteiger partial charge in [0.2, 0.25) is 0 Å². The highest BCUT2D eigenvalue weighted by Gasteiger charge is 2.16. The first-order valence-electron chi connectivity index (χ1n) is 6.11. The smallest absolute Gasteiger partial charge is 0.123 e. The van der Waals surface area contributed by atoms with Gasteiger partial charge >= 0.3 is 0 Å². The van der Waals surface area contributed by atoms with Gasteiger partial charge in [-0.25, -0.2) is 0 Å². The predicted octanol–water partition coefficient (Wildman–Crippen LogP) is 4.01. The van der Waals surface area contributed by atoms with Gasteiger partial charge in [0, 0.05) is 11.4 Å². The molecular formula is C15H20ClNO. The van der Waals surface area contributed by atoms with Crippen molar-refractivity contribution in [1.82, 2.24) is 0 Å². The molecule has 0 spiro atoms. The van der Waals surface area contributed by atoms with Gasteiger partial charge in [-0.15, -0.1) is 12.4 Å². The van der Waals surface area contributed by atoms with Gasteiger partial charge in [-0.05, 0) is 22.9 Å². The van der Waals surface area contributed by atoms with Crippen molar-refractivity contribution in [2.24, 2.45) is 11.7 Å². The Bertz CT molecular complexity index is 527. The second kappa shape index (κ2) is 6.07. The average molecular weight is 266 g/mol. The third kappa shape index (κ3) is 2.60. The second-order valence-corrected chi connectivity index (χ2v) is 4.63. The first kappa shape index (κ1) is 14.8. The van der Waals surface area contributed by atoms with Crippen LogP contribution in [0, 0.1) is 5.92 Å². The van der Waals surface area contributed by atoms with Crippen LogP contribution in [-0.4, -0.2) is 5.11 Å². The molecule has 2 aromatic rings. The molecule has 3 heteroatoms. The molecule has 2 nitrogen and oxygen atoms in total. The van der Waals surface area contributed by atoms with Gasteiger partial charge in [0.15, 0.2) is 0 Å². The fraction of sp³-hybridized carbons (Fsp3) is 0.333. The quantitative estimate of drug-likeness (QED) is 0.881. The molecular weight excluding hydrogens is 246 g/mol. The molecule has 18 heavy (non-hydrogen) atoms. The van der Waals surface area contributed by atoms with Crippen molar-refractivity contribution in [3.63, 3.8) is 0 Å². The van der Waals surface area contributed by atoms with Crippen LogP contribution in [0.1, 0.15) is 31.9 Å². The van der Waals surface area contributed by atoms with Gasteiger partial charge in [-0.3, -0.25) is 0 Å². The van der Waals surface area contributed by atoms with Crippen LogP contribution in [-0.2, 0) is 0 Å². The summed E-state index contributed by atoms with van der Waals surface area (Å²) in [5, 5.41) is 11.8. The van der Waals surface area contributed by atoms with E-state index < -0.39 is 0 Å². The van der Waals surface area contributed by atoms with Crippen molar-refractivity contribution in [2.45, 2.75) is 26.3 Å². The van der Waals surface area contributed by atoms with Crippen LogP contribution in [0.2, 0.25) is 0 Å². The van der Waals surface area contributed by atoms with Crippen molar-refractivity contribution in [3.8, 4) is 5.75 Å². The standard InChI is InChI=1S/C15H19NO.ClH/c1-3-10(2)15(16)13-8-9-14(17)12-7-5-4-6-11(12)13;/h4-10,15,17H,3,16H2,1-2H3;1H/t10?,15-;/m0./s1. The maximum atomic E-state index is 9.83. The zero-order valence-electron chi connectivity index (χ0n) is 10.8. The summed E-state index contributed by atoms with van der Waals surface area (Å²) in [6, 6.07) is 11.6. The molecule has 0 saturated heterocycles. The maximum absolute atomic E-state index is 9.83. The van der Waals surface area contributed by atoms with Crippen LogP contribution in [0.15, 0.2) is 36.4 Å². The SMILES string of the molecule is CCC(C)[C@H](N)c1ccc(O)c2ccccc12.Cl. The molecule has 0 bridgehead atoms. The third-order valence-electron chi connectivity index (χ3n) is 3.55. The lowest BCUT2D eigenvalue weighted by Gasteiger charge is -2.20. The second-order valence-electron chi connectivity index (χ2n) is 4.63. The normalized spacial score (nSPS) is 13.9. The number of hydrogen-bond acceptors (Lipinski definition) is 2. The van der Waals surface area contributed by atoms with Crippen LogP contribution in [0.3, 0.4) is 0 Å². The van der Waals surface area contributed by atoms with Gasteiger partial charge < -0.3 is 10.8 Å². The van der Waals surface area contributed by atoms with Gasteiger partial charge in [0.05, 0.1) is 0 Å².